The lowest BCUT2D eigenvalue weighted by molar-refractivity contribution is -0.150. The van der Waals surface area contributed by atoms with Crippen LogP contribution in [-0.2, 0) is 20.9 Å². The van der Waals surface area contributed by atoms with Gasteiger partial charge in [-0.25, -0.2) is 4.79 Å². The highest BCUT2D eigenvalue weighted by molar-refractivity contribution is 7.16. The minimum absolute atomic E-state index is 0.251. The molecule has 0 bridgehead atoms. The lowest BCUT2D eigenvalue weighted by atomic mass is 10.2. The van der Waals surface area contributed by atoms with E-state index in [9.17, 15) is 9.59 Å². The molecule has 1 N–H and O–H groups in total. The van der Waals surface area contributed by atoms with Crippen LogP contribution in [0.1, 0.15) is 17.6 Å². The number of ether oxygens (including phenoxy) is 1. The number of furan rings is 1. The van der Waals surface area contributed by atoms with E-state index in [1.54, 1.807) is 29.5 Å². The van der Waals surface area contributed by atoms with Gasteiger partial charge in [0.05, 0.1) is 12.8 Å². The second-order valence-corrected chi connectivity index (χ2v) is 6.89. The van der Waals surface area contributed by atoms with Crippen molar-refractivity contribution in [3.63, 3.8) is 0 Å². The Kier molecular flexibility index (Phi) is 6.22. The maximum atomic E-state index is 12.0. The average molecular weight is 381 g/mol. The standard InChI is InChI=1S/C21H19NO4S/c1-15(21(24)22-14-17-8-5-13-25-17)26-20(23)12-10-18-9-11-19(27-18)16-6-3-2-4-7-16/h2-13,15H,14H2,1H3,(H,22,24)/b12-10+/t15-/m1/s1. The van der Waals surface area contributed by atoms with Crippen LogP contribution in [0.15, 0.2) is 71.4 Å². The molecule has 1 aromatic carbocycles. The molecule has 5 nitrogen and oxygen atoms in total. The van der Waals surface area contributed by atoms with E-state index >= 15 is 0 Å². The summed E-state index contributed by atoms with van der Waals surface area (Å²) in [4.78, 5) is 25.9. The molecule has 2 heterocycles. The summed E-state index contributed by atoms with van der Waals surface area (Å²) in [5.41, 5.74) is 1.13. The molecule has 138 valence electrons. The smallest absolute Gasteiger partial charge is 0.331 e. The first-order chi connectivity index (χ1) is 13.1. The van der Waals surface area contributed by atoms with Gasteiger partial charge in [-0.3, -0.25) is 4.79 Å². The molecule has 0 saturated carbocycles. The van der Waals surface area contributed by atoms with Crippen molar-refractivity contribution in [2.75, 3.05) is 0 Å². The van der Waals surface area contributed by atoms with E-state index in [2.05, 4.69) is 5.32 Å². The first-order valence-electron chi connectivity index (χ1n) is 8.46. The second-order valence-electron chi connectivity index (χ2n) is 5.78. The predicted molar refractivity (Wildman–Crippen MR) is 105 cm³/mol. The predicted octanol–water partition coefficient (Wildman–Crippen LogP) is 4.27. The lowest BCUT2D eigenvalue weighted by Crippen LogP contribution is -2.35. The molecular formula is C21H19NO4S. The van der Waals surface area contributed by atoms with E-state index in [4.69, 9.17) is 9.15 Å². The van der Waals surface area contributed by atoms with Crippen LogP contribution < -0.4 is 5.32 Å². The Labute approximate surface area is 161 Å². The van der Waals surface area contributed by atoms with Gasteiger partial charge in [0, 0.05) is 15.8 Å². The van der Waals surface area contributed by atoms with Crippen LogP contribution in [0.2, 0.25) is 0 Å². The molecule has 27 heavy (non-hydrogen) atoms. The van der Waals surface area contributed by atoms with Crippen molar-refractivity contribution >= 4 is 29.3 Å². The Morgan fingerprint density at radius 3 is 2.70 bits per heavy atom. The molecule has 0 aliphatic carbocycles. The number of hydrogen-bond donors (Lipinski definition) is 1. The number of rotatable bonds is 7. The summed E-state index contributed by atoms with van der Waals surface area (Å²) >= 11 is 1.58. The number of esters is 1. The van der Waals surface area contributed by atoms with Crippen LogP contribution in [0.4, 0.5) is 0 Å². The molecule has 0 fully saturated rings. The molecule has 0 aliphatic rings. The number of benzene rings is 1. The zero-order valence-corrected chi connectivity index (χ0v) is 15.6. The maximum Gasteiger partial charge on any atom is 0.331 e. The van der Waals surface area contributed by atoms with Gasteiger partial charge in [-0.15, -0.1) is 11.3 Å². The lowest BCUT2D eigenvalue weighted by Gasteiger charge is -2.11. The molecule has 0 unspecified atom stereocenters. The highest BCUT2D eigenvalue weighted by Crippen LogP contribution is 2.28. The van der Waals surface area contributed by atoms with Gasteiger partial charge in [-0.05, 0) is 42.8 Å². The van der Waals surface area contributed by atoms with Crippen molar-refractivity contribution in [1.82, 2.24) is 5.32 Å². The minimum Gasteiger partial charge on any atom is -0.467 e. The van der Waals surface area contributed by atoms with E-state index in [1.165, 1.54) is 19.3 Å². The van der Waals surface area contributed by atoms with Gasteiger partial charge < -0.3 is 14.5 Å². The summed E-state index contributed by atoms with van der Waals surface area (Å²) in [6.07, 6.45) is 3.66. The van der Waals surface area contributed by atoms with Gasteiger partial charge in [-0.2, -0.15) is 0 Å². The summed E-state index contributed by atoms with van der Waals surface area (Å²) in [6, 6.07) is 17.5. The Bertz CT molecular complexity index is 913. The molecule has 3 aromatic rings. The number of carbonyl (C=O) groups excluding carboxylic acids is 2. The van der Waals surface area contributed by atoms with Crippen molar-refractivity contribution < 1.29 is 18.7 Å². The van der Waals surface area contributed by atoms with Gasteiger partial charge in [0.1, 0.15) is 5.76 Å². The topological polar surface area (TPSA) is 68.5 Å². The second kappa shape index (κ2) is 9.00. The van der Waals surface area contributed by atoms with E-state index in [0.717, 1.165) is 15.3 Å². The summed E-state index contributed by atoms with van der Waals surface area (Å²) in [7, 11) is 0. The molecular weight excluding hydrogens is 362 g/mol. The highest BCUT2D eigenvalue weighted by atomic mass is 32.1. The Hall–Kier alpha value is -3.12. The SMILES string of the molecule is C[C@@H](OC(=O)/C=C/c1ccc(-c2ccccc2)s1)C(=O)NCc1ccco1. The van der Waals surface area contributed by atoms with E-state index in [1.807, 2.05) is 42.5 Å². The van der Waals surface area contributed by atoms with Gasteiger partial charge in [0.2, 0.25) is 0 Å². The molecule has 6 heteroatoms. The molecule has 1 atom stereocenters. The van der Waals surface area contributed by atoms with Crippen LogP contribution in [0.3, 0.4) is 0 Å². The van der Waals surface area contributed by atoms with E-state index in [-0.39, 0.29) is 12.5 Å². The van der Waals surface area contributed by atoms with Gasteiger partial charge in [-0.1, -0.05) is 30.3 Å². The van der Waals surface area contributed by atoms with Crippen LogP contribution in [0.5, 0.6) is 0 Å². The van der Waals surface area contributed by atoms with Crippen molar-refractivity contribution in [1.29, 1.82) is 0 Å². The molecule has 0 saturated heterocycles. The van der Waals surface area contributed by atoms with Crippen LogP contribution in [0, 0.1) is 0 Å². The maximum absolute atomic E-state index is 12.0. The fourth-order valence-electron chi connectivity index (χ4n) is 2.35. The summed E-state index contributed by atoms with van der Waals surface area (Å²) in [5, 5.41) is 2.65. The molecule has 1 amide bonds. The van der Waals surface area contributed by atoms with Crippen molar-refractivity contribution in [3.8, 4) is 10.4 Å². The van der Waals surface area contributed by atoms with Crippen molar-refractivity contribution in [3.05, 3.63) is 77.6 Å². The Morgan fingerprint density at radius 1 is 1.15 bits per heavy atom. The van der Waals surface area contributed by atoms with E-state index in [0.29, 0.717) is 5.76 Å². The monoisotopic (exact) mass is 381 g/mol. The van der Waals surface area contributed by atoms with Gasteiger partial charge in [0.15, 0.2) is 6.10 Å². The number of thiophene rings is 1. The highest BCUT2D eigenvalue weighted by Gasteiger charge is 2.16. The zero-order valence-electron chi connectivity index (χ0n) is 14.8. The molecule has 0 spiro atoms. The molecule has 0 aliphatic heterocycles. The number of carbonyl (C=O) groups is 2. The van der Waals surface area contributed by atoms with Crippen LogP contribution >= 0.6 is 11.3 Å². The third kappa shape index (κ3) is 5.43. The normalized spacial score (nSPS) is 12.0. The van der Waals surface area contributed by atoms with Crippen LogP contribution in [0.25, 0.3) is 16.5 Å². The summed E-state index contributed by atoms with van der Waals surface area (Å²) < 4.78 is 10.3. The fourth-order valence-corrected chi connectivity index (χ4v) is 3.26. The molecule has 3 rings (SSSR count). The fraction of sp³-hybridized carbons (Fsp3) is 0.143. The Morgan fingerprint density at radius 2 is 1.96 bits per heavy atom. The minimum atomic E-state index is -0.889. The third-order valence-electron chi connectivity index (χ3n) is 3.75. The third-order valence-corrected chi connectivity index (χ3v) is 4.85. The number of nitrogens with one attached hydrogen (secondary N) is 1. The summed E-state index contributed by atoms with van der Waals surface area (Å²) in [5.74, 6) is -0.311. The van der Waals surface area contributed by atoms with Gasteiger partial charge in [0.25, 0.3) is 5.91 Å². The molecule has 2 aromatic heterocycles. The Balaban J connectivity index is 1.49. The first-order valence-corrected chi connectivity index (χ1v) is 9.27. The van der Waals surface area contributed by atoms with E-state index < -0.39 is 12.1 Å². The number of amides is 1. The van der Waals surface area contributed by atoms with Crippen molar-refractivity contribution in [2.24, 2.45) is 0 Å². The first kappa shape index (κ1) is 18.7. The zero-order chi connectivity index (χ0) is 19.1. The quantitative estimate of drug-likeness (QED) is 0.490. The largest absolute Gasteiger partial charge is 0.467 e. The van der Waals surface area contributed by atoms with Crippen LogP contribution in [-0.4, -0.2) is 18.0 Å². The van der Waals surface area contributed by atoms with Crippen molar-refractivity contribution in [2.45, 2.75) is 19.6 Å². The summed E-state index contributed by atoms with van der Waals surface area (Å²) in [6.45, 7) is 1.78. The average Bonchev–Trinajstić information content (AvgIpc) is 3.37. The van der Waals surface area contributed by atoms with Gasteiger partial charge >= 0.3 is 5.97 Å². The molecule has 0 radical (unpaired) electrons. The number of hydrogen-bond acceptors (Lipinski definition) is 5.